The van der Waals surface area contributed by atoms with E-state index in [1.807, 2.05) is 45.0 Å². The number of para-hydroxylation sites is 1. The number of rotatable bonds is 11. The molecule has 0 aliphatic heterocycles. The molecule has 4 aromatic rings. The fourth-order valence-corrected chi connectivity index (χ4v) is 4.37. The second-order valence-corrected chi connectivity index (χ2v) is 9.94. The third-order valence-corrected chi connectivity index (χ3v) is 6.88. The molecule has 3 aromatic carbocycles. The predicted molar refractivity (Wildman–Crippen MR) is 153 cm³/mol. The first-order chi connectivity index (χ1) is 19.2. The standard InChI is InChI=1S/C30H35N5O5/c1-7-30(2,3)31-29(37)28(20-11-10-12-22(17-20)38-4)35(21-15-16-25(39-5)26(18-21)40-6)27(36)19-34-24-14-9-8-13-23(24)32-33-34/h8-18,28H,7,19H2,1-6H3,(H,31,37)/t28-/m1/s1. The molecule has 0 saturated heterocycles. The molecule has 0 saturated carbocycles. The van der Waals surface area contributed by atoms with Gasteiger partial charge in [-0.25, -0.2) is 4.68 Å². The van der Waals surface area contributed by atoms with E-state index in [9.17, 15) is 9.59 Å². The lowest BCUT2D eigenvalue weighted by atomic mass is 9.98. The molecule has 1 atom stereocenters. The molecule has 210 valence electrons. The first-order valence-corrected chi connectivity index (χ1v) is 13.0. The summed E-state index contributed by atoms with van der Waals surface area (Å²) in [5.41, 5.74) is 1.89. The lowest BCUT2D eigenvalue weighted by molar-refractivity contribution is -0.128. The molecular weight excluding hydrogens is 510 g/mol. The van der Waals surface area contributed by atoms with Gasteiger partial charge in [-0.3, -0.25) is 14.5 Å². The average Bonchev–Trinajstić information content (AvgIpc) is 3.37. The summed E-state index contributed by atoms with van der Waals surface area (Å²) in [6.07, 6.45) is 0.693. The fourth-order valence-electron chi connectivity index (χ4n) is 4.37. The number of carbonyl (C=O) groups is 2. The quantitative estimate of drug-likeness (QED) is 0.295. The number of hydrogen-bond donors (Lipinski definition) is 1. The molecule has 40 heavy (non-hydrogen) atoms. The molecule has 0 unspecified atom stereocenters. The van der Waals surface area contributed by atoms with E-state index in [1.54, 1.807) is 49.6 Å². The summed E-state index contributed by atoms with van der Waals surface area (Å²) in [5, 5.41) is 11.5. The minimum Gasteiger partial charge on any atom is -0.497 e. The predicted octanol–water partition coefficient (Wildman–Crippen LogP) is 4.54. The van der Waals surface area contributed by atoms with E-state index in [2.05, 4.69) is 15.6 Å². The number of anilines is 1. The van der Waals surface area contributed by atoms with Crippen molar-refractivity contribution in [3.05, 3.63) is 72.3 Å². The van der Waals surface area contributed by atoms with E-state index in [0.717, 1.165) is 0 Å². The van der Waals surface area contributed by atoms with Crippen LogP contribution < -0.4 is 24.4 Å². The van der Waals surface area contributed by atoms with Crippen molar-refractivity contribution in [2.75, 3.05) is 26.2 Å². The van der Waals surface area contributed by atoms with E-state index in [-0.39, 0.29) is 18.4 Å². The Morgan fingerprint density at radius 1 is 0.950 bits per heavy atom. The van der Waals surface area contributed by atoms with Crippen molar-refractivity contribution >= 4 is 28.5 Å². The normalized spacial score (nSPS) is 12.1. The number of amides is 2. The van der Waals surface area contributed by atoms with Gasteiger partial charge in [0.15, 0.2) is 11.5 Å². The lowest BCUT2D eigenvalue weighted by Gasteiger charge is -2.35. The number of benzene rings is 3. The summed E-state index contributed by atoms with van der Waals surface area (Å²) in [7, 11) is 4.61. The summed E-state index contributed by atoms with van der Waals surface area (Å²) in [6, 6.07) is 18.6. The SMILES string of the molecule is CCC(C)(C)NC(=O)[C@@H](c1cccc(OC)c1)N(C(=O)Cn1nnc2ccccc21)c1ccc(OC)c(OC)c1. The van der Waals surface area contributed by atoms with Crippen molar-refractivity contribution in [2.24, 2.45) is 0 Å². The largest absolute Gasteiger partial charge is 0.497 e. The number of carbonyl (C=O) groups excluding carboxylic acids is 2. The highest BCUT2D eigenvalue weighted by atomic mass is 16.5. The van der Waals surface area contributed by atoms with Crippen LogP contribution in [0.1, 0.15) is 38.8 Å². The number of methoxy groups -OCH3 is 3. The first-order valence-electron chi connectivity index (χ1n) is 13.0. The van der Waals surface area contributed by atoms with Crippen LogP contribution in [0.25, 0.3) is 11.0 Å². The Labute approximate surface area is 233 Å². The van der Waals surface area contributed by atoms with Crippen LogP contribution in [0.3, 0.4) is 0 Å². The lowest BCUT2D eigenvalue weighted by Crippen LogP contribution is -2.51. The molecule has 1 heterocycles. The Morgan fingerprint density at radius 3 is 2.40 bits per heavy atom. The third kappa shape index (κ3) is 6.01. The molecule has 1 aromatic heterocycles. The summed E-state index contributed by atoms with van der Waals surface area (Å²) >= 11 is 0. The zero-order valence-corrected chi connectivity index (χ0v) is 23.7. The number of fused-ring (bicyclic) bond motifs is 1. The molecule has 0 fully saturated rings. The summed E-state index contributed by atoms with van der Waals surface area (Å²) in [6.45, 7) is 5.73. The van der Waals surface area contributed by atoms with Crippen LogP contribution in [-0.4, -0.2) is 53.7 Å². The zero-order chi connectivity index (χ0) is 28.9. The minimum absolute atomic E-state index is 0.153. The second kappa shape index (κ2) is 12.1. The first kappa shape index (κ1) is 28.4. The molecule has 10 nitrogen and oxygen atoms in total. The Kier molecular flexibility index (Phi) is 8.57. The smallest absolute Gasteiger partial charge is 0.249 e. The van der Waals surface area contributed by atoms with Gasteiger partial charge in [-0.2, -0.15) is 0 Å². The van der Waals surface area contributed by atoms with Gasteiger partial charge in [0.2, 0.25) is 11.8 Å². The van der Waals surface area contributed by atoms with E-state index in [0.29, 0.717) is 46.0 Å². The highest BCUT2D eigenvalue weighted by Gasteiger charge is 2.36. The van der Waals surface area contributed by atoms with Gasteiger partial charge < -0.3 is 19.5 Å². The van der Waals surface area contributed by atoms with E-state index in [4.69, 9.17) is 14.2 Å². The average molecular weight is 546 g/mol. The number of nitrogens with zero attached hydrogens (tertiary/aromatic N) is 4. The van der Waals surface area contributed by atoms with Crippen molar-refractivity contribution < 1.29 is 23.8 Å². The molecule has 4 rings (SSSR count). The Morgan fingerprint density at radius 2 is 1.70 bits per heavy atom. The summed E-state index contributed by atoms with van der Waals surface area (Å²) in [5.74, 6) is 0.761. The van der Waals surface area contributed by atoms with Crippen molar-refractivity contribution in [2.45, 2.75) is 45.3 Å². The van der Waals surface area contributed by atoms with Crippen LogP contribution >= 0.6 is 0 Å². The molecule has 10 heteroatoms. The Balaban J connectivity index is 1.89. The minimum atomic E-state index is -1.04. The van der Waals surface area contributed by atoms with Crippen molar-refractivity contribution in [3.63, 3.8) is 0 Å². The Bertz CT molecular complexity index is 1500. The van der Waals surface area contributed by atoms with Gasteiger partial charge in [0.1, 0.15) is 23.9 Å². The van der Waals surface area contributed by atoms with Crippen LogP contribution in [0.4, 0.5) is 5.69 Å². The van der Waals surface area contributed by atoms with Crippen molar-refractivity contribution in [1.29, 1.82) is 0 Å². The van der Waals surface area contributed by atoms with Gasteiger partial charge in [-0.15, -0.1) is 5.10 Å². The number of aromatic nitrogens is 3. The highest BCUT2D eigenvalue weighted by molar-refractivity contribution is 6.02. The van der Waals surface area contributed by atoms with Gasteiger partial charge in [-0.1, -0.05) is 36.4 Å². The van der Waals surface area contributed by atoms with E-state index >= 15 is 0 Å². The highest BCUT2D eigenvalue weighted by Crippen LogP contribution is 2.36. The monoisotopic (exact) mass is 545 g/mol. The van der Waals surface area contributed by atoms with Crippen LogP contribution in [0.2, 0.25) is 0 Å². The van der Waals surface area contributed by atoms with Crippen LogP contribution in [0, 0.1) is 0 Å². The van der Waals surface area contributed by atoms with Gasteiger partial charge in [-0.05, 0) is 62.2 Å². The molecule has 0 aliphatic rings. The molecule has 1 N–H and O–H groups in total. The van der Waals surface area contributed by atoms with Gasteiger partial charge in [0.05, 0.1) is 26.8 Å². The van der Waals surface area contributed by atoms with Gasteiger partial charge in [0, 0.05) is 17.3 Å². The van der Waals surface area contributed by atoms with Gasteiger partial charge >= 0.3 is 0 Å². The molecule has 2 amide bonds. The Hall–Kier alpha value is -4.60. The van der Waals surface area contributed by atoms with Crippen LogP contribution in [0.15, 0.2) is 66.7 Å². The summed E-state index contributed by atoms with van der Waals surface area (Å²) < 4.78 is 17.9. The maximum Gasteiger partial charge on any atom is 0.249 e. The number of hydrogen-bond acceptors (Lipinski definition) is 7. The van der Waals surface area contributed by atoms with Crippen molar-refractivity contribution in [3.8, 4) is 17.2 Å². The molecule has 0 aliphatic carbocycles. The second-order valence-electron chi connectivity index (χ2n) is 9.94. The zero-order valence-electron chi connectivity index (χ0n) is 23.7. The molecule has 0 spiro atoms. The van der Waals surface area contributed by atoms with Crippen molar-refractivity contribution in [1.82, 2.24) is 20.3 Å². The van der Waals surface area contributed by atoms with Crippen LogP contribution in [0.5, 0.6) is 17.2 Å². The van der Waals surface area contributed by atoms with E-state index in [1.165, 1.54) is 23.8 Å². The molecular formula is C30H35N5O5. The fraction of sp³-hybridized carbons (Fsp3) is 0.333. The maximum atomic E-state index is 14.3. The molecule has 0 bridgehead atoms. The summed E-state index contributed by atoms with van der Waals surface area (Å²) in [4.78, 5) is 29.8. The van der Waals surface area contributed by atoms with Crippen LogP contribution in [-0.2, 0) is 16.1 Å². The topological polar surface area (TPSA) is 108 Å². The van der Waals surface area contributed by atoms with Gasteiger partial charge in [0.25, 0.3) is 0 Å². The van der Waals surface area contributed by atoms with E-state index < -0.39 is 11.6 Å². The maximum absolute atomic E-state index is 14.3. The molecule has 0 radical (unpaired) electrons. The number of nitrogens with one attached hydrogen (secondary N) is 1. The number of ether oxygens (including phenoxy) is 3. The third-order valence-electron chi connectivity index (χ3n) is 6.88.